The Balaban J connectivity index is 1.56. The van der Waals surface area contributed by atoms with E-state index in [9.17, 15) is 18.4 Å². The topological polar surface area (TPSA) is 90.1 Å². The molecule has 0 fully saturated rings. The normalized spacial score (nSPS) is 11.8. The Morgan fingerprint density at radius 1 is 0.889 bits per heavy atom. The second-order valence-electron chi connectivity index (χ2n) is 11.3. The summed E-state index contributed by atoms with van der Waals surface area (Å²) in [6.45, 7) is 8.61. The molecule has 0 aliphatic carbocycles. The standard InChI is InChI=1S/C36H43F2N5O2/c1-4-14-43(15-5-2)36(45)30-21-28(34-40-12-13-41-34)20-29(22-30)35(44)42-33(19-27-17-31(37)23-32(38)18-27)10-11-39-24-26-9-7-8-25(6-3)16-26/h7-9,12-13,16-18,20-23,33,39H,4-6,10-11,14-15,19,24H2,1-3H3,(H,40,41)(H,42,44)/t33-/m1/s1. The molecule has 45 heavy (non-hydrogen) atoms. The van der Waals surface area contributed by atoms with E-state index in [2.05, 4.69) is 45.7 Å². The molecule has 0 aliphatic heterocycles. The van der Waals surface area contributed by atoms with Gasteiger partial charge in [-0.1, -0.05) is 45.0 Å². The molecule has 0 saturated carbocycles. The Bertz CT molecular complexity index is 1530. The number of halogens is 2. The summed E-state index contributed by atoms with van der Waals surface area (Å²) < 4.78 is 28.1. The summed E-state index contributed by atoms with van der Waals surface area (Å²) in [6, 6.07) is 16.4. The van der Waals surface area contributed by atoms with Gasteiger partial charge >= 0.3 is 0 Å². The molecule has 0 aliphatic rings. The largest absolute Gasteiger partial charge is 0.349 e. The summed E-state index contributed by atoms with van der Waals surface area (Å²) in [5.74, 6) is -1.32. The van der Waals surface area contributed by atoms with Gasteiger partial charge in [0.2, 0.25) is 0 Å². The van der Waals surface area contributed by atoms with Crippen LogP contribution in [-0.2, 0) is 19.4 Å². The first-order valence-electron chi connectivity index (χ1n) is 15.8. The first-order valence-corrected chi connectivity index (χ1v) is 15.8. The molecule has 0 saturated heterocycles. The van der Waals surface area contributed by atoms with E-state index < -0.39 is 17.7 Å². The van der Waals surface area contributed by atoms with Crippen LogP contribution in [0, 0.1) is 11.6 Å². The van der Waals surface area contributed by atoms with Crippen LogP contribution in [0.15, 0.2) is 73.1 Å². The molecule has 3 aromatic carbocycles. The van der Waals surface area contributed by atoms with E-state index in [1.807, 2.05) is 19.9 Å². The van der Waals surface area contributed by atoms with E-state index in [1.54, 1.807) is 35.5 Å². The lowest BCUT2D eigenvalue weighted by molar-refractivity contribution is 0.0755. The Morgan fingerprint density at radius 3 is 2.27 bits per heavy atom. The number of nitrogens with one attached hydrogen (secondary N) is 3. The number of amides is 2. The minimum absolute atomic E-state index is 0.149. The molecule has 3 N–H and O–H groups in total. The Morgan fingerprint density at radius 2 is 1.60 bits per heavy atom. The number of benzene rings is 3. The highest BCUT2D eigenvalue weighted by Crippen LogP contribution is 2.22. The average molecular weight is 616 g/mol. The van der Waals surface area contributed by atoms with Gasteiger partial charge in [-0.05, 0) is 85.7 Å². The number of aromatic amines is 1. The zero-order valence-electron chi connectivity index (χ0n) is 26.3. The van der Waals surface area contributed by atoms with Gasteiger partial charge in [0.1, 0.15) is 17.5 Å². The maximum absolute atomic E-state index is 14.1. The number of hydrogen-bond donors (Lipinski definition) is 3. The Kier molecular flexibility index (Phi) is 12.4. The zero-order valence-corrected chi connectivity index (χ0v) is 26.3. The summed E-state index contributed by atoms with van der Waals surface area (Å²) in [7, 11) is 0. The molecule has 4 rings (SSSR count). The van der Waals surface area contributed by atoms with Gasteiger partial charge in [0.05, 0.1) is 0 Å². The van der Waals surface area contributed by atoms with Gasteiger partial charge in [-0.3, -0.25) is 9.59 Å². The third-order valence-electron chi connectivity index (χ3n) is 7.63. The number of hydrogen-bond acceptors (Lipinski definition) is 4. The van der Waals surface area contributed by atoms with E-state index in [4.69, 9.17) is 0 Å². The quantitative estimate of drug-likeness (QED) is 0.122. The summed E-state index contributed by atoms with van der Waals surface area (Å²) in [5, 5.41) is 6.51. The van der Waals surface area contributed by atoms with Gasteiger partial charge in [0.15, 0.2) is 0 Å². The Hall–Kier alpha value is -4.37. The SMILES string of the molecule is CCCN(CCC)C(=O)c1cc(C(=O)N[C@H](CCNCc2cccc(CC)c2)Cc2cc(F)cc(F)c2)cc(-c2ncc[nH]2)c1. The van der Waals surface area contributed by atoms with Crippen LogP contribution in [-0.4, -0.2) is 52.4 Å². The van der Waals surface area contributed by atoms with Crippen LogP contribution in [0.4, 0.5) is 8.78 Å². The monoisotopic (exact) mass is 615 g/mol. The van der Waals surface area contributed by atoms with Gasteiger partial charge in [-0.2, -0.15) is 0 Å². The van der Waals surface area contributed by atoms with Crippen molar-refractivity contribution in [1.29, 1.82) is 0 Å². The van der Waals surface area contributed by atoms with E-state index in [0.29, 0.717) is 60.7 Å². The molecule has 0 unspecified atom stereocenters. The van der Waals surface area contributed by atoms with Crippen molar-refractivity contribution >= 4 is 11.8 Å². The molecule has 2 amide bonds. The van der Waals surface area contributed by atoms with Gasteiger partial charge < -0.3 is 20.5 Å². The van der Waals surface area contributed by atoms with Gasteiger partial charge in [0, 0.05) is 60.8 Å². The fourth-order valence-electron chi connectivity index (χ4n) is 5.46. The summed E-state index contributed by atoms with van der Waals surface area (Å²) in [4.78, 5) is 36.5. The zero-order chi connectivity index (χ0) is 32.2. The molecule has 0 radical (unpaired) electrons. The highest BCUT2D eigenvalue weighted by molar-refractivity contribution is 6.01. The van der Waals surface area contributed by atoms with Crippen LogP contribution in [0.5, 0.6) is 0 Å². The van der Waals surface area contributed by atoms with E-state index in [-0.39, 0.29) is 18.2 Å². The third-order valence-corrected chi connectivity index (χ3v) is 7.63. The predicted octanol–water partition coefficient (Wildman–Crippen LogP) is 6.70. The molecule has 1 atom stereocenters. The van der Waals surface area contributed by atoms with Crippen molar-refractivity contribution in [1.82, 2.24) is 25.5 Å². The third kappa shape index (κ3) is 9.81. The second-order valence-corrected chi connectivity index (χ2v) is 11.3. The van der Waals surface area contributed by atoms with Crippen molar-refractivity contribution in [2.24, 2.45) is 0 Å². The van der Waals surface area contributed by atoms with Crippen LogP contribution < -0.4 is 10.6 Å². The maximum atomic E-state index is 14.1. The lowest BCUT2D eigenvalue weighted by Crippen LogP contribution is -2.39. The number of H-pyrrole nitrogens is 1. The summed E-state index contributed by atoms with van der Waals surface area (Å²) in [5.41, 5.74) is 4.19. The molecule has 9 heteroatoms. The van der Waals surface area contributed by atoms with E-state index in [0.717, 1.165) is 30.9 Å². The summed E-state index contributed by atoms with van der Waals surface area (Å²) >= 11 is 0. The molecule has 0 bridgehead atoms. The van der Waals surface area contributed by atoms with Crippen molar-refractivity contribution < 1.29 is 18.4 Å². The fraction of sp³-hybridized carbons (Fsp3) is 0.361. The van der Waals surface area contributed by atoms with Gasteiger partial charge in [-0.25, -0.2) is 13.8 Å². The van der Waals surface area contributed by atoms with Crippen molar-refractivity contribution in [3.8, 4) is 11.4 Å². The molecule has 4 aromatic rings. The maximum Gasteiger partial charge on any atom is 0.253 e. The number of imidazole rings is 1. The first-order chi connectivity index (χ1) is 21.8. The number of nitrogens with zero attached hydrogens (tertiary/aromatic N) is 2. The second kappa shape index (κ2) is 16.6. The number of carbonyl (C=O) groups excluding carboxylic acids is 2. The number of carbonyl (C=O) groups is 2. The summed E-state index contributed by atoms with van der Waals surface area (Å²) in [6.07, 6.45) is 6.64. The molecule has 0 spiro atoms. The van der Waals surface area contributed by atoms with Crippen LogP contribution >= 0.6 is 0 Å². The molecule has 1 aromatic heterocycles. The van der Waals surface area contributed by atoms with E-state index >= 15 is 0 Å². The average Bonchev–Trinajstić information content (AvgIpc) is 3.57. The van der Waals surface area contributed by atoms with Crippen LogP contribution in [0.3, 0.4) is 0 Å². The minimum atomic E-state index is -0.665. The molecule has 1 heterocycles. The van der Waals surface area contributed by atoms with Crippen molar-refractivity contribution in [3.63, 3.8) is 0 Å². The van der Waals surface area contributed by atoms with Crippen LogP contribution in [0.2, 0.25) is 0 Å². The number of rotatable bonds is 16. The number of aromatic nitrogens is 2. The highest BCUT2D eigenvalue weighted by atomic mass is 19.1. The predicted molar refractivity (Wildman–Crippen MR) is 174 cm³/mol. The van der Waals surface area contributed by atoms with Gasteiger partial charge in [0.25, 0.3) is 11.8 Å². The molecule has 7 nitrogen and oxygen atoms in total. The van der Waals surface area contributed by atoms with Crippen LogP contribution in [0.25, 0.3) is 11.4 Å². The highest BCUT2D eigenvalue weighted by Gasteiger charge is 2.21. The van der Waals surface area contributed by atoms with Crippen molar-refractivity contribution in [2.45, 2.75) is 65.5 Å². The molecular weight excluding hydrogens is 572 g/mol. The molecule has 238 valence electrons. The lowest BCUT2D eigenvalue weighted by atomic mass is 10.0. The molecular formula is C36H43F2N5O2. The van der Waals surface area contributed by atoms with Crippen LogP contribution in [0.1, 0.15) is 77.4 Å². The smallest absolute Gasteiger partial charge is 0.253 e. The van der Waals surface area contributed by atoms with Gasteiger partial charge in [-0.15, -0.1) is 0 Å². The lowest BCUT2D eigenvalue weighted by Gasteiger charge is -2.23. The number of aryl methyl sites for hydroxylation is 1. The minimum Gasteiger partial charge on any atom is -0.349 e. The van der Waals surface area contributed by atoms with Crippen molar-refractivity contribution in [2.75, 3.05) is 19.6 Å². The fourth-order valence-corrected chi connectivity index (χ4v) is 5.46. The van der Waals surface area contributed by atoms with Crippen molar-refractivity contribution in [3.05, 3.63) is 113 Å². The Labute approximate surface area is 264 Å². The first kappa shape index (κ1) is 33.5. The van der Waals surface area contributed by atoms with E-state index in [1.165, 1.54) is 17.7 Å².